The average molecular weight is 518 g/mol. The van der Waals surface area contributed by atoms with Crippen LogP contribution in [0.1, 0.15) is 65.6 Å². The number of carbonyl (C=O) groups excluding carboxylic acids is 6. The van der Waals surface area contributed by atoms with Crippen LogP contribution in [0.2, 0.25) is 0 Å². The van der Waals surface area contributed by atoms with Gasteiger partial charge in [-0.3, -0.25) is 0 Å². The highest BCUT2D eigenvalue weighted by molar-refractivity contribution is 7.81. The van der Waals surface area contributed by atoms with Crippen LogP contribution in [0.3, 0.4) is 0 Å². The number of aliphatic hydroxyl groups excluding tert-OH is 1. The number of Topliss-reactive ketones (excluding diaryl/α,β-unsaturated/α-hetero) is 1. The molecule has 2 aromatic carbocycles. The van der Waals surface area contributed by atoms with Gasteiger partial charge < -0.3 is 28.3 Å². The summed E-state index contributed by atoms with van der Waals surface area (Å²) in [5, 5.41) is 9.92. The van der Waals surface area contributed by atoms with Crippen molar-refractivity contribution in [3.8, 4) is 0 Å². The first kappa shape index (κ1) is 26.4. The van der Waals surface area contributed by atoms with E-state index in [0.29, 0.717) is 0 Å². The number of carbonyl (C=O) groups is 6. The Balaban J connectivity index is 0.000000840. The second-order valence-corrected chi connectivity index (χ2v) is 8.59. The molecule has 12 nitrogen and oxygen atoms in total. The number of rotatable bonds is 6. The highest BCUT2D eigenvalue weighted by atomic mass is 32.2. The van der Waals surface area contributed by atoms with Gasteiger partial charge in [0.1, 0.15) is 25.1 Å². The zero-order valence-electron chi connectivity index (χ0n) is 18.8. The molecule has 2 aliphatic rings. The first-order valence-electron chi connectivity index (χ1n) is 10.2. The monoisotopic (exact) mass is 518 g/mol. The quantitative estimate of drug-likeness (QED) is 0.328. The maximum absolute atomic E-state index is 12.1. The molecule has 1 N–H and O–H groups in total. The van der Waals surface area contributed by atoms with Gasteiger partial charge in [0.15, 0.2) is 0 Å². The summed E-state index contributed by atoms with van der Waals surface area (Å²) in [7, 11) is 0. The van der Waals surface area contributed by atoms with Gasteiger partial charge in [-0.2, -0.15) is 0 Å². The van der Waals surface area contributed by atoms with Crippen LogP contribution >= 0.6 is 0 Å². The van der Waals surface area contributed by atoms with E-state index in [1.54, 1.807) is 0 Å². The number of ether oxygens (including phenoxy) is 3. The molecular formula is C23H18O12S. The van der Waals surface area contributed by atoms with E-state index >= 15 is 0 Å². The zero-order chi connectivity index (χ0) is 26.6. The molecule has 0 radical (unpaired) electrons. The third-order valence-electron chi connectivity index (χ3n) is 4.46. The minimum atomic E-state index is -2.01. The lowest BCUT2D eigenvalue weighted by atomic mass is 10.1. The number of benzene rings is 2. The Morgan fingerprint density at radius 1 is 0.833 bits per heavy atom. The van der Waals surface area contributed by atoms with Gasteiger partial charge in [0.2, 0.25) is 11.1 Å². The number of esters is 4. The van der Waals surface area contributed by atoms with Crippen molar-refractivity contribution < 1.29 is 56.5 Å². The second-order valence-electron chi connectivity index (χ2n) is 7.51. The lowest BCUT2D eigenvalue weighted by Gasteiger charge is -2.12. The Labute approximate surface area is 205 Å². The summed E-state index contributed by atoms with van der Waals surface area (Å²) in [6, 6.07) is 7.40. The van der Waals surface area contributed by atoms with E-state index in [4.69, 9.17) is 9.47 Å². The molecule has 2 heterocycles. The summed E-state index contributed by atoms with van der Waals surface area (Å²) in [5.41, 5.74) is -0.0104. The lowest BCUT2D eigenvalue weighted by molar-refractivity contribution is -0.115. The van der Waals surface area contributed by atoms with Gasteiger partial charge in [0.25, 0.3) is 0 Å². The summed E-state index contributed by atoms with van der Waals surface area (Å²) in [5.74, 6) is -4.02. The molecule has 4 rings (SSSR count). The van der Waals surface area contributed by atoms with E-state index in [2.05, 4.69) is 8.92 Å². The fraction of sp³-hybridized carbons (Fsp3) is 0.217. The molecule has 0 spiro atoms. The minimum Gasteiger partial charge on any atom is -0.459 e. The van der Waals surface area contributed by atoms with Gasteiger partial charge in [-0.05, 0) is 50.2 Å². The smallest absolute Gasteiger partial charge is 0.353 e. The third kappa shape index (κ3) is 6.06. The van der Waals surface area contributed by atoms with Crippen molar-refractivity contribution in [1.82, 2.24) is 0 Å². The van der Waals surface area contributed by atoms with Gasteiger partial charge in [-0.25, -0.2) is 28.2 Å². The molecule has 36 heavy (non-hydrogen) atoms. The fourth-order valence-corrected chi connectivity index (χ4v) is 3.76. The van der Waals surface area contributed by atoms with Gasteiger partial charge in [-0.15, -0.1) is 0 Å². The maximum Gasteiger partial charge on any atom is 0.353 e. The molecule has 2 atom stereocenters. The average Bonchev–Trinajstić information content (AvgIpc) is 3.28. The third-order valence-corrected chi connectivity index (χ3v) is 5.46. The van der Waals surface area contributed by atoms with E-state index in [1.807, 2.05) is 0 Å². The van der Waals surface area contributed by atoms with Crippen molar-refractivity contribution in [1.29, 1.82) is 0 Å². The van der Waals surface area contributed by atoms with Gasteiger partial charge in [0.05, 0.1) is 32.7 Å². The predicted octanol–water partition coefficient (Wildman–Crippen LogP) is 1.16. The number of hydrogen-bond acceptors (Lipinski definition) is 12. The summed E-state index contributed by atoms with van der Waals surface area (Å²) < 4.78 is 30.5. The molecule has 0 amide bonds. The molecule has 2 aliphatic heterocycles. The Hall–Kier alpha value is -4.23. The van der Waals surface area contributed by atoms with Crippen LogP contribution in [0.4, 0.5) is 0 Å². The first-order chi connectivity index (χ1) is 17.0. The largest absolute Gasteiger partial charge is 0.459 e. The molecule has 0 aromatic heterocycles. The zero-order valence-corrected chi connectivity index (χ0v) is 19.6. The SMILES string of the molecule is CC(C)=O.O=C(OCC(O)COC(=O)c1ccc2c(c1)S(=O)OC2=O)c1ccc2c(c1)C(=O)OC2=O. The number of aliphatic hydroxyl groups is 1. The van der Waals surface area contributed by atoms with E-state index in [0.717, 1.165) is 6.07 Å². The first-order valence-corrected chi connectivity index (χ1v) is 11.2. The summed E-state index contributed by atoms with van der Waals surface area (Å²) in [6.07, 6.45) is -1.36. The van der Waals surface area contributed by atoms with Gasteiger partial charge >= 0.3 is 29.8 Å². The Bertz CT molecular complexity index is 1210. The summed E-state index contributed by atoms with van der Waals surface area (Å²) >= 11 is -2.01. The standard InChI is InChI=1S/C20H12O11S.C3H6O/c21-11(7-28-16(22)9-1-3-12-14(5-9)19(25)30-18(12)24)8-29-17(23)10-2-4-13-15(6-10)32(27)31-20(13)26;1-3(2)4/h1-6,11,21H,7-8H2;1-2H3. The van der Waals surface area contributed by atoms with Crippen molar-refractivity contribution in [2.24, 2.45) is 0 Å². The maximum atomic E-state index is 12.1. The summed E-state index contributed by atoms with van der Waals surface area (Å²) in [6.45, 7) is 2.01. The van der Waals surface area contributed by atoms with E-state index in [9.17, 15) is 38.1 Å². The lowest BCUT2D eigenvalue weighted by Crippen LogP contribution is -2.25. The van der Waals surface area contributed by atoms with Crippen molar-refractivity contribution in [3.63, 3.8) is 0 Å². The van der Waals surface area contributed by atoms with Crippen LogP contribution in [-0.2, 0) is 34.3 Å². The topological polar surface area (TPSA) is 177 Å². The number of cyclic esters (lactones) is 2. The molecule has 0 bridgehead atoms. The van der Waals surface area contributed by atoms with Crippen molar-refractivity contribution in [2.75, 3.05) is 13.2 Å². The van der Waals surface area contributed by atoms with E-state index in [-0.39, 0.29) is 38.5 Å². The molecule has 0 fully saturated rings. The molecular weight excluding hydrogens is 500 g/mol. The van der Waals surface area contributed by atoms with Gasteiger partial charge in [0, 0.05) is 0 Å². The molecule has 13 heteroatoms. The predicted molar refractivity (Wildman–Crippen MR) is 117 cm³/mol. The van der Waals surface area contributed by atoms with Crippen molar-refractivity contribution in [2.45, 2.75) is 24.8 Å². The number of hydrogen-bond donors (Lipinski definition) is 1. The van der Waals surface area contributed by atoms with Crippen LogP contribution in [0.15, 0.2) is 41.3 Å². The van der Waals surface area contributed by atoms with Crippen LogP contribution in [0.25, 0.3) is 0 Å². The Morgan fingerprint density at radius 3 is 1.92 bits per heavy atom. The highest BCUT2D eigenvalue weighted by Gasteiger charge is 2.31. The van der Waals surface area contributed by atoms with Crippen molar-refractivity contribution in [3.05, 3.63) is 64.2 Å². The van der Waals surface area contributed by atoms with Crippen molar-refractivity contribution >= 4 is 46.7 Å². The second kappa shape index (κ2) is 11.0. The number of fused-ring (bicyclic) bond motifs is 2. The highest BCUT2D eigenvalue weighted by Crippen LogP contribution is 2.25. The van der Waals surface area contributed by atoms with Gasteiger partial charge in [-0.1, -0.05) is 0 Å². The normalized spacial score (nSPS) is 16.0. The van der Waals surface area contributed by atoms with Crippen LogP contribution in [0.5, 0.6) is 0 Å². The molecule has 0 aliphatic carbocycles. The molecule has 0 saturated heterocycles. The van der Waals surface area contributed by atoms with E-state index < -0.39 is 60.2 Å². The van der Waals surface area contributed by atoms with E-state index in [1.165, 1.54) is 44.2 Å². The summed E-state index contributed by atoms with van der Waals surface area (Å²) in [4.78, 5) is 68.1. The number of ketones is 1. The molecule has 0 saturated carbocycles. The Morgan fingerprint density at radius 2 is 1.33 bits per heavy atom. The fourth-order valence-electron chi connectivity index (χ4n) is 2.89. The molecule has 188 valence electrons. The van der Waals surface area contributed by atoms with Crippen LogP contribution < -0.4 is 0 Å². The van der Waals surface area contributed by atoms with Crippen LogP contribution in [0, 0.1) is 0 Å². The molecule has 2 unspecified atom stereocenters. The molecule has 2 aromatic rings. The minimum absolute atomic E-state index is 0.0147. The Kier molecular flexibility index (Phi) is 8.07. The van der Waals surface area contributed by atoms with Crippen LogP contribution in [-0.4, -0.2) is 64.3 Å².